The Morgan fingerprint density at radius 2 is 2.14 bits per heavy atom. The van der Waals surface area contributed by atoms with Crippen molar-refractivity contribution in [1.29, 1.82) is 0 Å². The summed E-state index contributed by atoms with van der Waals surface area (Å²) in [6, 6.07) is 10.5. The molecule has 0 unspecified atom stereocenters. The molecule has 0 fully saturated rings. The highest BCUT2D eigenvalue weighted by Crippen LogP contribution is 2.35. The number of carbonyl (C=O) groups is 1. The highest BCUT2D eigenvalue weighted by molar-refractivity contribution is 6.07. The molecule has 1 aliphatic rings. The third kappa shape index (κ3) is 2.05. The number of nitrogens with one attached hydrogen (secondary N) is 1. The molecule has 0 spiro atoms. The van der Waals surface area contributed by atoms with Crippen LogP contribution in [0, 0.1) is 6.92 Å². The van der Waals surface area contributed by atoms with Crippen LogP contribution >= 0.6 is 0 Å². The van der Waals surface area contributed by atoms with Crippen LogP contribution in [-0.4, -0.2) is 17.7 Å². The fourth-order valence-electron chi connectivity index (χ4n) is 2.43. The van der Waals surface area contributed by atoms with Crippen molar-refractivity contribution in [3.8, 4) is 11.5 Å². The second kappa shape index (κ2) is 4.77. The van der Waals surface area contributed by atoms with Gasteiger partial charge in [-0.1, -0.05) is 6.07 Å². The second-order valence-corrected chi connectivity index (χ2v) is 4.91. The van der Waals surface area contributed by atoms with Gasteiger partial charge in [0, 0.05) is 18.7 Å². The lowest BCUT2D eigenvalue weighted by Crippen LogP contribution is -2.12. The predicted octanol–water partition coefficient (Wildman–Crippen LogP) is 3.12. The zero-order valence-electron chi connectivity index (χ0n) is 11.8. The number of aryl methyl sites for hydroxylation is 1. The molecule has 0 atom stereocenters. The molecule has 4 rings (SSSR count). The Labute approximate surface area is 125 Å². The number of anilines is 1. The number of para-hydroxylation sites is 1. The number of aromatic nitrogens is 1. The van der Waals surface area contributed by atoms with Crippen LogP contribution in [0.15, 0.2) is 40.8 Å². The van der Waals surface area contributed by atoms with Crippen molar-refractivity contribution >= 4 is 22.7 Å². The van der Waals surface area contributed by atoms with Crippen molar-refractivity contribution < 1.29 is 18.7 Å². The molecule has 1 aliphatic heterocycles. The van der Waals surface area contributed by atoms with Crippen molar-refractivity contribution in [2.24, 2.45) is 0 Å². The van der Waals surface area contributed by atoms with E-state index in [9.17, 15) is 4.79 Å². The van der Waals surface area contributed by atoms with Gasteiger partial charge in [-0.3, -0.25) is 4.79 Å². The number of oxazole rings is 1. The van der Waals surface area contributed by atoms with Gasteiger partial charge in [-0.25, -0.2) is 4.98 Å². The first-order valence-electron chi connectivity index (χ1n) is 6.78. The van der Waals surface area contributed by atoms with Gasteiger partial charge < -0.3 is 19.2 Å². The van der Waals surface area contributed by atoms with Gasteiger partial charge in [-0.2, -0.15) is 0 Å². The third-order valence-corrected chi connectivity index (χ3v) is 3.39. The molecule has 6 heteroatoms. The Bertz CT molecular complexity index is 885. The van der Waals surface area contributed by atoms with Gasteiger partial charge >= 0.3 is 0 Å². The van der Waals surface area contributed by atoms with Crippen LogP contribution < -0.4 is 14.8 Å². The Kier molecular flexibility index (Phi) is 2.75. The van der Waals surface area contributed by atoms with Crippen molar-refractivity contribution in [1.82, 2.24) is 4.98 Å². The summed E-state index contributed by atoms with van der Waals surface area (Å²) < 4.78 is 16.1. The Hall–Kier alpha value is -3.02. The van der Waals surface area contributed by atoms with Gasteiger partial charge in [0.1, 0.15) is 5.52 Å². The number of hydrogen-bond donors (Lipinski definition) is 1. The highest BCUT2D eigenvalue weighted by atomic mass is 16.7. The van der Waals surface area contributed by atoms with E-state index in [1.54, 1.807) is 43.3 Å². The summed E-state index contributed by atoms with van der Waals surface area (Å²) in [5.74, 6) is 1.37. The number of rotatable bonds is 2. The van der Waals surface area contributed by atoms with Gasteiger partial charge in [0.2, 0.25) is 6.79 Å². The Balaban J connectivity index is 1.64. The molecule has 1 N–H and O–H groups in total. The minimum atomic E-state index is -0.266. The largest absolute Gasteiger partial charge is 0.454 e. The highest BCUT2D eigenvalue weighted by Gasteiger charge is 2.21. The summed E-state index contributed by atoms with van der Waals surface area (Å²) in [6.07, 6.45) is 0. The molecule has 3 aromatic rings. The average molecular weight is 296 g/mol. The first kappa shape index (κ1) is 12.7. The summed E-state index contributed by atoms with van der Waals surface area (Å²) in [4.78, 5) is 16.6. The van der Waals surface area contributed by atoms with Crippen LogP contribution in [0.2, 0.25) is 0 Å². The normalized spacial score (nSPS) is 12.6. The van der Waals surface area contributed by atoms with Crippen molar-refractivity contribution in [2.45, 2.75) is 6.92 Å². The summed E-state index contributed by atoms with van der Waals surface area (Å²) in [5, 5.41) is 2.83. The minimum absolute atomic E-state index is 0.128. The number of amides is 1. The van der Waals surface area contributed by atoms with E-state index in [0.717, 1.165) is 5.52 Å². The zero-order valence-corrected chi connectivity index (χ0v) is 11.8. The molecule has 0 bridgehead atoms. The number of ether oxygens (including phenoxy) is 2. The topological polar surface area (TPSA) is 73.6 Å². The summed E-state index contributed by atoms with van der Waals surface area (Å²) in [6.45, 7) is 1.91. The van der Waals surface area contributed by atoms with Crippen molar-refractivity contribution in [2.75, 3.05) is 12.1 Å². The molecule has 0 saturated carbocycles. The lowest BCUT2D eigenvalue weighted by Gasteiger charge is -2.07. The van der Waals surface area contributed by atoms with Gasteiger partial charge in [0.25, 0.3) is 5.91 Å². The maximum Gasteiger partial charge on any atom is 0.259 e. The summed E-state index contributed by atoms with van der Waals surface area (Å²) >= 11 is 0. The maximum absolute atomic E-state index is 12.4. The molecule has 0 aliphatic carbocycles. The smallest absolute Gasteiger partial charge is 0.259 e. The molecular formula is C16H12N2O4. The molecule has 0 radical (unpaired) electrons. The molecule has 0 saturated heterocycles. The van der Waals surface area contributed by atoms with E-state index in [1.807, 2.05) is 0 Å². The van der Waals surface area contributed by atoms with E-state index < -0.39 is 0 Å². The standard InChI is InChI=1S/C16H12N2O4/c1-9-17-12-6-5-10(7-14(12)22-9)18-16(19)11-3-2-4-13-15(11)21-8-20-13/h2-7H,8H2,1H3,(H,18,19). The third-order valence-electron chi connectivity index (χ3n) is 3.39. The molecule has 110 valence electrons. The van der Waals surface area contributed by atoms with Crippen LogP contribution in [-0.2, 0) is 0 Å². The summed E-state index contributed by atoms with van der Waals surface area (Å²) in [7, 11) is 0. The molecular weight excluding hydrogens is 284 g/mol. The molecule has 2 aromatic carbocycles. The average Bonchev–Trinajstić information content (AvgIpc) is 3.11. The van der Waals surface area contributed by atoms with Gasteiger partial charge in [-0.05, 0) is 24.3 Å². The van der Waals surface area contributed by atoms with Gasteiger partial charge in [-0.15, -0.1) is 0 Å². The van der Waals surface area contributed by atoms with Crippen LogP contribution in [0.4, 0.5) is 5.69 Å². The lowest BCUT2D eigenvalue weighted by atomic mass is 10.1. The number of nitrogens with zero attached hydrogens (tertiary/aromatic N) is 1. The predicted molar refractivity (Wildman–Crippen MR) is 79.3 cm³/mol. The Morgan fingerprint density at radius 3 is 3.05 bits per heavy atom. The van der Waals surface area contributed by atoms with E-state index in [4.69, 9.17) is 13.9 Å². The molecule has 22 heavy (non-hydrogen) atoms. The molecule has 1 aromatic heterocycles. The fourth-order valence-corrected chi connectivity index (χ4v) is 2.43. The van der Waals surface area contributed by atoms with E-state index >= 15 is 0 Å². The number of fused-ring (bicyclic) bond motifs is 2. The maximum atomic E-state index is 12.4. The molecule has 2 heterocycles. The lowest BCUT2D eigenvalue weighted by molar-refractivity contribution is 0.102. The Morgan fingerprint density at radius 1 is 1.23 bits per heavy atom. The monoisotopic (exact) mass is 296 g/mol. The van der Waals surface area contributed by atoms with Gasteiger partial charge in [0.15, 0.2) is 23.0 Å². The fraction of sp³-hybridized carbons (Fsp3) is 0.125. The van der Waals surface area contributed by atoms with Crippen LogP contribution in [0.3, 0.4) is 0 Å². The van der Waals surface area contributed by atoms with E-state index in [-0.39, 0.29) is 12.7 Å². The number of benzene rings is 2. The van der Waals surface area contributed by atoms with Crippen molar-refractivity contribution in [3.63, 3.8) is 0 Å². The molecule has 1 amide bonds. The first-order valence-corrected chi connectivity index (χ1v) is 6.78. The summed E-state index contributed by atoms with van der Waals surface area (Å²) in [5.41, 5.74) is 2.45. The first-order chi connectivity index (χ1) is 10.7. The van der Waals surface area contributed by atoms with E-state index in [0.29, 0.717) is 34.2 Å². The van der Waals surface area contributed by atoms with Crippen LogP contribution in [0.5, 0.6) is 11.5 Å². The van der Waals surface area contributed by atoms with E-state index in [1.165, 1.54) is 0 Å². The number of hydrogen-bond acceptors (Lipinski definition) is 5. The zero-order chi connectivity index (χ0) is 15.1. The van der Waals surface area contributed by atoms with Crippen LogP contribution in [0.1, 0.15) is 16.2 Å². The van der Waals surface area contributed by atoms with Crippen LogP contribution in [0.25, 0.3) is 11.1 Å². The van der Waals surface area contributed by atoms with Gasteiger partial charge in [0.05, 0.1) is 5.56 Å². The van der Waals surface area contributed by atoms with Crippen molar-refractivity contribution in [3.05, 3.63) is 47.9 Å². The quantitative estimate of drug-likeness (QED) is 0.786. The van der Waals surface area contributed by atoms with E-state index in [2.05, 4.69) is 10.3 Å². The minimum Gasteiger partial charge on any atom is -0.454 e. The second-order valence-electron chi connectivity index (χ2n) is 4.91. The molecule has 6 nitrogen and oxygen atoms in total. The number of carbonyl (C=O) groups excluding carboxylic acids is 1. The SMILES string of the molecule is Cc1nc2ccc(NC(=O)c3cccc4c3OCO4)cc2o1.